The van der Waals surface area contributed by atoms with Gasteiger partial charge in [-0.15, -0.1) is 0 Å². The van der Waals surface area contributed by atoms with Gasteiger partial charge in [-0.3, -0.25) is 0 Å². The fourth-order valence-electron chi connectivity index (χ4n) is 2.95. The minimum absolute atomic E-state index is 0.606. The first-order valence-electron chi connectivity index (χ1n) is 7.55. The molecule has 0 bridgehead atoms. The summed E-state index contributed by atoms with van der Waals surface area (Å²) in [5.74, 6) is 1.64. The summed E-state index contributed by atoms with van der Waals surface area (Å²) in [6.07, 6.45) is 2.94. The summed E-state index contributed by atoms with van der Waals surface area (Å²) >= 11 is 0. The molecule has 4 heteroatoms. The molecule has 0 aliphatic carbocycles. The zero-order valence-corrected chi connectivity index (χ0v) is 12.3. The maximum Gasteiger partial charge on any atom is 0.161 e. The number of rotatable bonds is 3. The molecule has 4 nitrogen and oxygen atoms in total. The van der Waals surface area contributed by atoms with Crippen molar-refractivity contribution in [1.29, 1.82) is 0 Å². The molecule has 4 rings (SSSR count). The van der Waals surface area contributed by atoms with Crippen molar-refractivity contribution in [2.75, 3.05) is 19.8 Å². The Morgan fingerprint density at radius 1 is 0.955 bits per heavy atom. The molecule has 0 spiro atoms. The normalized spacial score (nSPS) is 13.5. The molecule has 1 aliphatic rings. The van der Waals surface area contributed by atoms with Crippen molar-refractivity contribution in [1.82, 2.24) is 4.98 Å². The summed E-state index contributed by atoms with van der Waals surface area (Å²) < 4.78 is 11.2. The first-order valence-corrected chi connectivity index (χ1v) is 7.55. The van der Waals surface area contributed by atoms with Gasteiger partial charge in [0.1, 0.15) is 13.2 Å². The van der Waals surface area contributed by atoms with Crippen LogP contribution in [0.3, 0.4) is 0 Å². The van der Waals surface area contributed by atoms with Crippen LogP contribution in [0.5, 0.6) is 11.5 Å². The van der Waals surface area contributed by atoms with E-state index in [1.807, 2.05) is 18.3 Å². The summed E-state index contributed by atoms with van der Waals surface area (Å²) in [6, 6.07) is 12.5. The number of ether oxygens (including phenoxy) is 2. The summed E-state index contributed by atoms with van der Waals surface area (Å²) in [6.45, 7) is 1.89. The lowest BCUT2D eigenvalue weighted by atomic mass is 10.0. The molecule has 0 saturated heterocycles. The van der Waals surface area contributed by atoms with Crippen LogP contribution in [0.4, 0.5) is 0 Å². The van der Waals surface area contributed by atoms with Crippen molar-refractivity contribution in [3.05, 3.63) is 48.2 Å². The molecular weight excluding hydrogens is 276 g/mol. The second-order valence-corrected chi connectivity index (χ2v) is 5.47. The van der Waals surface area contributed by atoms with Gasteiger partial charge in [0.05, 0.1) is 0 Å². The molecule has 0 saturated carbocycles. The molecule has 22 heavy (non-hydrogen) atoms. The van der Waals surface area contributed by atoms with E-state index in [4.69, 9.17) is 15.2 Å². The second-order valence-electron chi connectivity index (χ2n) is 5.47. The first-order chi connectivity index (χ1) is 10.8. The van der Waals surface area contributed by atoms with Gasteiger partial charge in [-0.05, 0) is 47.9 Å². The van der Waals surface area contributed by atoms with Gasteiger partial charge in [-0.25, -0.2) is 0 Å². The Hall–Kier alpha value is -2.46. The highest BCUT2D eigenvalue weighted by atomic mass is 16.6. The SMILES string of the molecule is NCCc1c[nH]c2cc(-c3ccc4c(c3)OCCO4)ccc12. The first kappa shape index (κ1) is 13.2. The largest absolute Gasteiger partial charge is 0.486 e. The molecule has 1 aliphatic heterocycles. The van der Waals surface area contributed by atoms with Gasteiger partial charge in [-0.1, -0.05) is 18.2 Å². The van der Waals surface area contributed by atoms with Gasteiger partial charge in [0.15, 0.2) is 11.5 Å². The molecule has 0 fully saturated rings. The lowest BCUT2D eigenvalue weighted by Gasteiger charge is -2.19. The third-order valence-corrected chi connectivity index (χ3v) is 4.06. The van der Waals surface area contributed by atoms with E-state index in [0.29, 0.717) is 19.8 Å². The number of hydrogen-bond acceptors (Lipinski definition) is 3. The Morgan fingerprint density at radius 2 is 1.73 bits per heavy atom. The van der Waals surface area contributed by atoms with E-state index in [1.165, 1.54) is 10.9 Å². The van der Waals surface area contributed by atoms with E-state index in [1.54, 1.807) is 0 Å². The summed E-state index contributed by atoms with van der Waals surface area (Å²) in [7, 11) is 0. The predicted molar refractivity (Wildman–Crippen MR) is 87.5 cm³/mol. The van der Waals surface area contributed by atoms with Crippen LogP contribution in [0.25, 0.3) is 22.0 Å². The Kier molecular flexibility index (Phi) is 3.24. The number of nitrogens with two attached hydrogens (primary N) is 1. The molecule has 2 heterocycles. The van der Waals surface area contributed by atoms with Crippen molar-refractivity contribution in [3.63, 3.8) is 0 Å². The van der Waals surface area contributed by atoms with Crippen LogP contribution in [0.2, 0.25) is 0 Å². The molecule has 2 aromatic carbocycles. The average Bonchev–Trinajstić information content (AvgIpc) is 2.97. The fourth-order valence-corrected chi connectivity index (χ4v) is 2.95. The van der Waals surface area contributed by atoms with Crippen molar-refractivity contribution in [2.45, 2.75) is 6.42 Å². The van der Waals surface area contributed by atoms with Crippen molar-refractivity contribution in [3.8, 4) is 22.6 Å². The van der Waals surface area contributed by atoms with E-state index >= 15 is 0 Å². The smallest absolute Gasteiger partial charge is 0.161 e. The quantitative estimate of drug-likeness (QED) is 0.780. The van der Waals surface area contributed by atoms with Gasteiger partial charge in [-0.2, -0.15) is 0 Å². The van der Waals surface area contributed by atoms with Gasteiger partial charge in [0.2, 0.25) is 0 Å². The zero-order valence-electron chi connectivity index (χ0n) is 12.3. The maximum absolute atomic E-state index is 5.66. The van der Waals surface area contributed by atoms with Crippen LogP contribution < -0.4 is 15.2 Å². The Bertz CT molecular complexity index is 823. The van der Waals surface area contributed by atoms with E-state index < -0.39 is 0 Å². The zero-order chi connectivity index (χ0) is 14.9. The highest BCUT2D eigenvalue weighted by Gasteiger charge is 2.13. The van der Waals surface area contributed by atoms with E-state index in [0.717, 1.165) is 34.6 Å². The average molecular weight is 294 g/mol. The molecule has 0 amide bonds. The second kappa shape index (κ2) is 5.39. The Labute approximate surface area is 128 Å². The summed E-state index contributed by atoms with van der Waals surface area (Å²) in [5.41, 5.74) is 10.3. The third kappa shape index (κ3) is 2.22. The van der Waals surface area contributed by atoms with Gasteiger partial charge < -0.3 is 20.2 Å². The van der Waals surface area contributed by atoms with Crippen molar-refractivity contribution < 1.29 is 9.47 Å². The van der Waals surface area contributed by atoms with Crippen molar-refractivity contribution in [2.24, 2.45) is 5.73 Å². The standard InChI is InChI=1S/C18H18N2O2/c19-6-5-14-11-20-16-9-12(1-3-15(14)16)13-2-4-17-18(10-13)22-8-7-21-17/h1-4,9-11,20H,5-8,19H2. The molecular formula is C18H18N2O2. The maximum atomic E-state index is 5.66. The monoisotopic (exact) mass is 294 g/mol. The predicted octanol–water partition coefficient (Wildman–Crippen LogP) is 3.11. The van der Waals surface area contributed by atoms with Crippen LogP contribution in [-0.4, -0.2) is 24.7 Å². The lowest BCUT2D eigenvalue weighted by molar-refractivity contribution is 0.171. The van der Waals surface area contributed by atoms with E-state index in [9.17, 15) is 0 Å². The van der Waals surface area contributed by atoms with Crippen molar-refractivity contribution >= 4 is 10.9 Å². The molecule has 0 atom stereocenters. The van der Waals surface area contributed by atoms with Gasteiger partial charge in [0.25, 0.3) is 0 Å². The molecule has 3 N–H and O–H groups in total. The number of fused-ring (bicyclic) bond motifs is 2. The number of nitrogens with one attached hydrogen (secondary N) is 1. The third-order valence-electron chi connectivity index (χ3n) is 4.06. The topological polar surface area (TPSA) is 60.3 Å². The van der Waals surface area contributed by atoms with Gasteiger partial charge in [0, 0.05) is 17.1 Å². The molecule has 0 unspecified atom stereocenters. The fraction of sp³-hybridized carbons (Fsp3) is 0.222. The summed E-state index contributed by atoms with van der Waals surface area (Å²) in [5, 5.41) is 1.24. The highest BCUT2D eigenvalue weighted by Crippen LogP contribution is 2.35. The minimum Gasteiger partial charge on any atom is -0.486 e. The van der Waals surface area contributed by atoms with E-state index in [-0.39, 0.29) is 0 Å². The lowest BCUT2D eigenvalue weighted by Crippen LogP contribution is -2.15. The Morgan fingerprint density at radius 3 is 2.59 bits per heavy atom. The van der Waals surface area contributed by atoms with Crippen LogP contribution in [-0.2, 0) is 6.42 Å². The number of aromatic nitrogens is 1. The number of H-pyrrole nitrogens is 1. The number of hydrogen-bond donors (Lipinski definition) is 2. The molecule has 3 aromatic rings. The molecule has 112 valence electrons. The number of aromatic amines is 1. The van der Waals surface area contributed by atoms with Crippen LogP contribution in [0, 0.1) is 0 Å². The minimum atomic E-state index is 0.606. The highest BCUT2D eigenvalue weighted by molar-refractivity contribution is 5.88. The summed E-state index contributed by atoms with van der Waals surface area (Å²) in [4.78, 5) is 3.33. The number of benzene rings is 2. The molecule has 0 radical (unpaired) electrons. The van der Waals surface area contributed by atoms with Crippen LogP contribution in [0.1, 0.15) is 5.56 Å². The molecule has 1 aromatic heterocycles. The van der Waals surface area contributed by atoms with E-state index in [2.05, 4.69) is 29.2 Å². The van der Waals surface area contributed by atoms with Crippen LogP contribution >= 0.6 is 0 Å². The van der Waals surface area contributed by atoms with Gasteiger partial charge >= 0.3 is 0 Å². The van der Waals surface area contributed by atoms with Crippen LogP contribution in [0.15, 0.2) is 42.6 Å². The Balaban J connectivity index is 1.74.